The van der Waals surface area contributed by atoms with Gasteiger partial charge in [0.2, 0.25) is 0 Å². The van der Waals surface area contributed by atoms with E-state index in [1.807, 2.05) is 0 Å². The first-order chi connectivity index (χ1) is 9.61. The first-order valence-corrected chi connectivity index (χ1v) is 7.64. The second-order valence-corrected chi connectivity index (χ2v) is 6.03. The second-order valence-electron chi connectivity index (χ2n) is 4.13. The number of rotatable bonds is 5. The van der Waals surface area contributed by atoms with E-state index in [0.717, 1.165) is 5.56 Å². The average Bonchev–Trinajstić information content (AvgIpc) is 2.45. The van der Waals surface area contributed by atoms with Gasteiger partial charge in [0.05, 0.1) is 6.04 Å². The molecule has 0 fully saturated rings. The van der Waals surface area contributed by atoms with E-state index in [0.29, 0.717) is 20.7 Å². The van der Waals surface area contributed by atoms with E-state index in [9.17, 15) is 4.39 Å². The molecule has 0 saturated heterocycles. The Hall–Kier alpha value is -0.780. The molecule has 1 atom stereocenters. The molecule has 0 bridgehead atoms. The topological polar surface area (TPSA) is 38.0 Å². The molecule has 2 rings (SSSR count). The Kier molecular flexibility index (Phi) is 5.69. The van der Waals surface area contributed by atoms with E-state index in [1.54, 1.807) is 36.4 Å². The fraction of sp³-hybridized carbons (Fsp3) is 0.143. The number of hydrogen-bond acceptors (Lipinski definition) is 3. The van der Waals surface area contributed by atoms with Gasteiger partial charge in [0, 0.05) is 20.7 Å². The van der Waals surface area contributed by atoms with Crippen LogP contribution in [0.3, 0.4) is 0 Å². The van der Waals surface area contributed by atoms with Gasteiger partial charge in [-0.2, -0.15) is 0 Å². The molecule has 106 valence electrons. The normalized spacial score (nSPS) is 12.4. The van der Waals surface area contributed by atoms with Crippen LogP contribution in [0.15, 0.2) is 47.4 Å². The Bertz CT molecular complexity index is 595. The minimum atomic E-state index is -0.245. The molecule has 2 aromatic carbocycles. The molecule has 0 radical (unpaired) electrons. The van der Waals surface area contributed by atoms with Crippen LogP contribution in [0.25, 0.3) is 0 Å². The molecule has 0 aliphatic rings. The Morgan fingerprint density at radius 3 is 2.65 bits per heavy atom. The molecule has 2 nitrogen and oxygen atoms in total. The zero-order valence-electron chi connectivity index (χ0n) is 10.4. The molecule has 3 N–H and O–H groups in total. The maximum absolute atomic E-state index is 13.6. The molecular weight excluding hydrogens is 318 g/mol. The number of nitrogens with one attached hydrogen (secondary N) is 1. The van der Waals surface area contributed by atoms with Crippen LogP contribution < -0.4 is 11.3 Å². The summed E-state index contributed by atoms with van der Waals surface area (Å²) in [5, 5.41) is 1.16. The maximum Gasteiger partial charge on any atom is 0.136 e. The molecule has 0 saturated carbocycles. The van der Waals surface area contributed by atoms with Crippen LogP contribution in [-0.4, -0.2) is 5.75 Å². The predicted octanol–water partition coefficient (Wildman–Crippen LogP) is 4.43. The van der Waals surface area contributed by atoms with Gasteiger partial charge in [-0.25, -0.2) is 4.39 Å². The molecule has 2 aromatic rings. The lowest BCUT2D eigenvalue weighted by Gasteiger charge is -2.17. The molecule has 0 heterocycles. The number of nitrogens with two attached hydrogens (primary N) is 1. The van der Waals surface area contributed by atoms with E-state index in [1.165, 1.54) is 17.8 Å². The minimum Gasteiger partial charge on any atom is -0.271 e. The summed E-state index contributed by atoms with van der Waals surface area (Å²) < 4.78 is 13.6. The highest BCUT2D eigenvalue weighted by Crippen LogP contribution is 2.31. The summed E-state index contributed by atoms with van der Waals surface area (Å²) in [6, 6.07) is 11.6. The predicted molar refractivity (Wildman–Crippen MR) is 83.7 cm³/mol. The lowest BCUT2D eigenvalue weighted by molar-refractivity contribution is 0.597. The Balaban J connectivity index is 2.13. The number of hydrazine groups is 1. The van der Waals surface area contributed by atoms with Gasteiger partial charge in [-0.05, 0) is 35.9 Å². The monoisotopic (exact) mass is 330 g/mol. The van der Waals surface area contributed by atoms with Gasteiger partial charge < -0.3 is 0 Å². The van der Waals surface area contributed by atoms with Crippen molar-refractivity contribution in [1.29, 1.82) is 0 Å². The largest absolute Gasteiger partial charge is 0.271 e. The van der Waals surface area contributed by atoms with Gasteiger partial charge >= 0.3 is 0 Å². The van der Waals surface area contributed by atoms with Gasteiger partial charge in [-0.3, -0.25) is 11.3 Å². The van der Waals surface area contributed by atoms with Crippen LogP contribution in [0, 0.1) is 5.82 Å². The number of thioether (sulfide) groups is 1. The summed E-state index contributed by atoms with van der Waals surface area (Å²) in [4.78, 5) is 0.575. The van der Waals surface area contributed by atoms with Crippen molar-refractivity contribution in [2.24, 2.45) is 5.84 Å². The molecule has 0 amide bonds. The van der Waals surface area contributed by atoms with Crippen molar-refractivity contribution in [3.63, 3.8) is 0 Å². The minimum absolute atomic E-state index is 0.217. The van der Waals surface area contributed by atoms with Crippen LogP contribution in [0.4, 0.5) is 4.39 Å². The van der Waals surface area contributed by atoms with Crippen molar-refractivity contribution in [1.82, 2.24) is 5.43 Å². The molecule has 0 spiro atoms. The number of halogens is 3. The SMILES string of the molecule is NNC(CSc1ccccc1F)c1cc(Cl)ccc1Cl. The molecular formula is C14H13Cl2FN2S. The zero-order chi connectivity index (χ0) is 14.5. The standard InChI is InChI=1S/C14H13Cl2FN2S/c15-9-5-6-11(16)10(7-9)13(19-18)8-20-14-4-2-1-3-12(14)17/h1-7,13,19H,8,18H2. The molecule has 0 aromatic heterocycles. The van der Waals surface area contributed by atoms with Gasteiger partial charge in [-0.1, -0.05) is 35.3 Å². The van der Waals surface area contributed by atoms with E-state index in [2.05, 4.69) is 5.43 Å². The van der Waals surface area contributed by atoms with Crippen LogP contribution in [0.5, 0.6) is 0 Å². The molecule has 20 heavy (non-hydrogen) atoms. The molecule has 1 unspecified atom stereocenters. The highest BCUT2D eigenvalue weighted by atomic mass is 35.5. The van der Waals surface area contributed by atoms with Crippen molar-refractivity contribution >= 4 is 35.0 Å². The van der Waals surface area contributed by atoms with Gasteiger partial charge in [-0.15, -0.1) is 11.8 Å². The molecule has 0 aliphatic carbocycles. The van der Waals surface area contributed by atoms with Gasteiger partial charge in [0.25, 0.3) is 0 Å². The third-order valence-corrected chi connectivity index (χ3v) is 4.50. The first kappa shape index (κ1) is 15.6. The molecule has 0 aliphatic heterocycles. The smallest absolute Gasteiger partial charge is 0.136 e. The summed E-state index contributed by atoms with van der Waals surface area (Å²) in [5.41, 5.74) is 3.49. The number of benzene rings is 2. The van der Waals surface area contributed by atoms with Crippen molar-refractivity contribution in [3.8, 4) is 0 Å². The van der Waals surface area contributed by atoms with Crippen LogP contribution in [0.2, 0.25) is 10.0 Å². The van der Waals surface area contributed by atoms with E-state index in [4.69, 9.17) is 29.0 Å². The van der Waals surface area contributed by atoms with Crippen molar-refractivity contribution in [3.05, 3.63) is 63.9 Å². The van der Waals surface area contributed by atoms with E-state index < -0.39 is 0 Å². The first-order valence-electron chi connectivity index (χ1n) is 5.90. The fourth-order valence-corrected chi connectivity index (χ4v) is 3.18. The fourth-order valence-electron chi connectivity index (χ4n) is 1.74. The lowest BCUT2D eigenvalue weighted by atomic mass is 10.1. The van der Waals surface area contributed by atoms with Gasteiger partial charge in [0.1, 0.15) is 5.82 Å². The Morgan fingerprint density at radius 1 is 1.20 bits per heavy atom. The van der Waals surface area contributed by atoms with Crippen molar-refractivity contribution in [2.45, 2.75) is 10.9 Å². The Labute approximate surface area is 131 Å². The Morgan fingerprint density at radius 2 is 1.95 bits per heavy atom. The van der Waals surface area contributed by atoms with Gasteiger partial charge in [0.15, 0.2) is 0 Å². The van der Waals surface area contributed by atoms with Crippen LogP contribution in [0.1, 0.15) is 11.6 Å². The highest BCUT2D eigenvalue weighted by Gasteiger charge is 2.15. The summed E-state index contributed by atoms with van der Waals surface area (Å²) in [7, 11) is 0. The third kappa shape index (κ3) is 3.87. The third-order valence-electron chi connectivity index (χ3n) is 2.78. The average molecular weight is 331 g/mol. The number of hydrogen-bond donors (Lipinski definition) is 2. The van der Waals surface area contributed by atoms with E-state index in [-0.39, 0.29) is 11.9 Å². The van der Waals surface area contributed by atoms with Crippen molar-refractivity contribution in [2.75, 3.05) is 5.75 Å². The summed E-state index contributed by atoms with van der Waals surface area (Å²) in [6.45, 7) is 0. The summed E-state index contributed by atoms with van der Waals surface area (Å²) >= 11 is 13.5. The summed E-state index contributed by atoms with van der Waals surface area (Å²) in [6.07, 6.45) is 0. The second kappa shape index (κ2) is 7.29. The quantitative estimate of drug-likeness (QED) is 0.484. The highest BCUT2D eigenvalue weighted by molar-refractivity contribution is 7.99. The maximum atomic E-state index is 13.6. The van der Waals surface area contributed by atoms with Crippen LogP contribution in [-0.2, 0) is 0 Å². The van der Waals surface area contributed by atoms with Crippen molar-refractivity contribution < 1.29 is 4.39 Å². The van der Waals surface area contributed by atoms with Crippen LogP contribution >= 0.6 is 35.0 Å². The lowest BCUT2D eigenvalue weighted by Crippen LogP contribution is -2.30. The van der Waals surface area contributed by atoms with E-state index >= 15 is 0 Å². The zero-order valence-corrected chi connectivity index (χ0v) is 12.8. The summed E-state index contributed by atoms with van der Waals surface area (Å²) in [5.74, 6) is 5.86. The molecule has 6 heteroatoms.